The van der Waals surface area contributed by atoms with Gasteiger partial charge in [-0.1, -0.05) is 32.9 Å². The van der Waals surface area contributed by atoms with Gasteiger partial charge in [-0.15, -0.1) is 5.73 Å². The maximum Gasteiger partial charge on any atom is 0.0535 e. The molecule has 1 aromatic heterocycles. The molecular weight excluding hydrogens is 170 g/mol. The van der Waals surface area contributed by atoms with Crippen molar-refractivity contribution in [3.8, 4) is 0 Å². The van der Waals surface area contributed by atoms with Crippen LogP contribution >= 0.6 is 0 Å². The fourth-order valence-corrected chi connectivity index (χ4v) is 1.70. The predicted octanol–water partition coefficient (Wildman–Crippen LogP) is 3.51. The maximum atomic E-state index is 3.28. The van der Waals surface area contributed by atoms with E-state index < -0.39 is 0 Å². The summed E-state index contributed by atoms with van der Waals surface area (Å²) < 4.78 is 0. The summed E-state index contributed by atoms with van der Waals surface area (Å²) in [5, 5.41) is 0. The van der Waals surface area contributed by atoms with Crippen LogP contribution < -0.4 is 0 Å². The molecule has 0 aliphatic heterocycles. The van der Waals surface area contributed by atoms with E-state index >= 15 is 0 Å². The van der Waals surface area contributed by atoms with Crippen molar-refractivity contribution in [2.24, 2.45) is 0 Å². The van der Waals surface area contributed by atoms with E-state index in [1.165, 1.54) is 11.1 Å². The molecule has 1 N–H and O–H groups in total. The molecular formula is C13H15N. The first-order valence-electron chi connectivity index (χ1n) is 4.90. The van der Waals surface area contributed by atoms with Crippen molar-refractivity contribution in [2.45, 2.75) is 26.2 Å². The minimum absolute atomic E-state index is 0.187. The van der Waals surface area contributed by atoms with Crippen molar-refractivity contribution in [3.63, 3.8) is 0 Å². The molecule has 0 radical (unpaired) electrons. The van der Waals surface area contributed by atoms with Crippen LogP contribution in [0.15, 0.2) is 24.1 Å². The smallest absolute Gasteiger partial charge is 0.0535 e. The SMILES string of the molecule is CC(C)(C)c1c[nH]c2c1C=CC=C=C2. The van der Waals surface area contributed by atoms with E-state index in [4.69, 9.17) is 0 Å². The van der Waals surface area contributed by atoms with Gasteiger partial charge < -0.3 is 4.98 Å². The van der Waals surface area contributed by atoms with Crippen LogP contribution in [0, 0.1) is 0 Å². The quantitative estimate of drug-likeness (QED) is 0.595. The third kappa shape index (κ3) is 1.47. The molecule has 1 heterocycles. The van der Waals surface area contributed by atoms with Gasteiger partial charge in [-0.05, 0) is 17.1 Å². The second kappa shape index (κ2) is 3.04. The second-order valence-electron chi connectivity index (χ2n) is 4.62. The van der Waals surface area contributed by atoms with Gasteiger partial charge in [0, 0.05) is 17.8 Å². The standard InChI is InChI=1S/C13H15N/c1-13(2,3)11-9-14-12-8-6-4-5-7-10(11)12/h4-5,7-9,14H,1-3H3. The lowest BCUT2D eigenvalue weighted by Gasteiger charge is -2.18. The Kier molecular flexibility index (Phi) is 1.98. The fourth-order valence-electron chi connectivity index (χ4n) is 1.70. The van der Waals surface area contributed by atoms with Crippen LogP contribution in [-0.2, 0) is 5.41 Å². The average molecular weight is 185 g/mol. The summed E-state index contributed by atoms with van der Waals surface area (Å²) >= 11 is 0. The van der Waals surface area contributed by atoms with Gasteiger partial charge in [-0.3, -0.25) is 0 Å². The molecule has 1 nitrogen and oxygen atoms in total. The molecule has 1 aliphatic carbocycles. The van der Waals surface area contributed by atoms with Gasteiger partial charge in [0.1, 0.15) is 0 Å². The van der Waals surface area contributed by atoms with Crippen LogP contribution in [0.3, 0.4) is 0 Å². The lowest BCUT2D eigenvalue weighted by Crippen LogP contribution is -2.11. The molecule has 1 heteroatoms. The number of allylic oxidation sites excluding steroid dienone is 2. The van der Waals surface area contributed by atoms with E-state index in [1.807, 2.05) is 18.2 Å². The van der Waals surface area contributed by atoms with E-state index in [2.05, 4.69) is 43.8 Å². The minimum Gasteiger partial charge on any atom is -0.360 e. The lowest BCUT2D eigenvalue weighted by atomic mass is 9.85. The van der Waals surface area contributed by atoms with Gasteiger partial charge >= 0.3 is 0 Å². The van der Waals surface area contributed by atoms with E-state index in [-0.39, 0.29) is 5.41 Å². The normalized spacial score (nSPS) is 14.2. The van der Waals surface area contributed by atoms with Crippen LogP contribution in [-0.4, -0.2) is 4.98 Å². The Morgan fingerprint density at radius 2 is 2.07 bits per heavy atom. The number of rotatable bonds is 0. The van der Waals surface area contributed by atoms with E-state index in [1.54, 1.807) is 0 Å². The summed E-state index contributed by atoms with van der Waals surface area (Å²) in [7, 11) is 0. The first-order chi connectivity index (χ1) is 6.59. The van der Waals surface area contributed by atoms with Crippen molar-refractivity contribution >= 4 is 12.2 Å². The Bertz CT molecular complexity index is 432. The van der Waals surface area contributed by atoms with Gasteiger partial charge in [-0.2, -0.15) is 0 Å². The first kappa shape index (κ1) is 9.11. The zero-order valence-electron chi connectivity index (χ0n) is 8.89. The summed E-state index contributed by atoms with van der Waals surface area (Å²) in [6.45, 7) is 6.69. The number of nitrogens with one attached hydrogen (secondary N) is 1. The molecule has 0 saturated carbocycles. The van der Waals surface area contributed by atoms with E-state index in [0.717, 1.165) is 5.69 Å². The number of fused-ring (bicyclic) bond motifs is 1. The van der Waals surface area contributed by atoms with Crippen LogP contribution in [0.2, 0.25) is 0 Å². The van der Waals surface area contributed by atoms with E-state index in [9.17, 15) is 0 Å². The monoisotopic (exact) mass is 185 g/mol. The summed E-state index contributed by atoms with van der Waals surface area (Å²) in [5.41, 5.74) is 7.09. The third-order valence-electron chi connectivity index (χ3n) is 2.44. The molecule has 1 aliphatic rings. The summed E-state index contributed by atoms with van der Waals surface area (Å²) in [6.07, 6.45) is 10.2. The molecule has 0 amide bonds. The number of aromatic amines is 1. The maximum absolute atomic E-state index is 3.28. The second-order valence-corrected chi connectivity index (χ2v) is 4.62. The van der Waals surface area contributed by atoms with Crippen molar-refractivity contribution in [2.75, 3.05) is 0 Å². The zero-order chi connectivity index (χ0) is 10.2. The van der Waals surface area contributed by atoms with Gasteiger partial charge in [0.25, 0.3) is 0 Å². The highest BCUT2D eigenvalue weighted by Gasteiger charge is 2.19. The topological polar surface area (TPSA) is 15.8 Å². The Labute approximate surface area is 84.9 Å². The highest BCUT2D eigenvalue weighted by Crippen LogP contribution is 2.30. The summed E-state index contributed by atoms with van der Waals surface area (Å²) in [5.74, 6) is 0. The Morgan fingerprint density at radius 3 is 2.79 bits per heavy atom. The molecule has 0 unspecified atom stereocenters. The highest BCUT2D eigenvalue weighted by atomic mass is 14.7. The van der Waals surface area contributed by atoms with Gasteiger partial charge in [-0.25, -0.2) is 0 Å². The molecule has 2 rings (SSSR count). The van der Waals surface area contributed by atoms with Crippen LogP contribution in [0.25, 0.3) is 12.2 Å². The molecule has 0 fully saturated rings. The van der Waals surface area contributed by atoms with Crippen molar-refractivity contribution in [3.05, 3.63) is 40.9 Å². The lowest BCUT2D eigenvalue weighted by molar-refractivity contribution is 0.590. The van der Waals surface area contributed by atoms with Gasteiger partial charge in [0.2, 0.25) is 0 Å². The Morgan fingerprint density at radius 1 is 1.29 bits per heavy atom. The largest absolute Gasteiger partial charge is 0.360 e. The molecule has 14 heavy (non-hydrogen) atoms. The summed E-state index contributed by atoms with van der Waals surface area (Å²) in [6, 6.07) is 0. The van der Waals surface area contributed by atoms with Gasteiger partial charge in [0.05, 0.1) is 5.69 Å². The molecule has 0 saturated heterocycles. The number of H-pyrrole nitrogens is 1. The van der Waals surface area contributed by atoms with Crippen molar-refractivity contribution in [1.29, 1.82) is 0 Å². The highest BCUT2D eigenvalue weighted by molar-refractivity contribution is 5.69. The zero-order valence-corrected chi connectivity index (χ0v) is 8.89. The molecule has 0 spiro atoms. The van der Waals surface area contributed by atoms with Crippen LogP contribution in [0.4, 0.5) is 0 Å². The molecule has 72 valence electrons. The number of aromatic nitrogens is 1. The van der Waals surface area contributed by atoms with Crippen LogP contribution in [0.1, 0.15) is 37.6 Å². The fraction of sp³-hybridized carbons (Fsp3) is 0.308. The summed E-state index contributed by atoms with van der Waals surface area (Å²) in [4.78, 5) is 3.28. The Balaban J connectivity index is 2.60. The van der Waals surface area contributed by atoms with Crippen molar-refractivity contribution < 1.29 is 0 Å². The minimum atomic E-state index is 0.187. The van der Waals surface area contributed by atoms with Crippen molar-refractivity contribution in [1.82, 2.24) is 4.98 Å². The van der Waals surface area contributed by atoms with Crippen LogP contribution in [0.5, 0.6) is 0 Å². The van der Waals surface area contributed by atoms with Gasteiger partial charge in [0.15, 0.2) is 0 Å². The predicted molar refractivity (Wildman–Crippen MR) is 61.1 cm³/mol. The first-order valence-corrected chi connectivity index (χ1v) is 4.90. The average Bonchev–Trinajstić information content (AvgIpc) is 2.36. The number of hydrogen-bond acceptors (Lipinski definition) is 0. The van der Waals surface area contributed by atoms with E-state index in [0.29, 0.717) is 0 Å². The Hall–Kier alpha value is -1.46. The molecule has 1 aromatic rings. The third-order valence-corrected chi connectivity index (χ3v) is 2.44. The molecule has 0 aromatic carbocycles. The number of hydrogen-bond donors (Lipinski definition) is 1. The molecule has 0 atom stereocenters. The molecule has 0 bridgehead atoms.